The highest BCUT2D eigenvalue weighted by atomic mass is 19.3. The van der Waals surface area contributed by atoms with Gasteiger partial charge in [-0.2, -0.15) is 4.99 Å². The van der Waals surface area contributed by atoms with E-state index < -0.39 is 11.5 Å². The Hall–Kier alpha value is -1.74. The van der Waals surface area contributed by atoms with Gasteiger partial charge in [0.2, 0.25) is 6.08 Å². The van der Waals surface area contributed by atoms with Crippen molar-refractivity contribution in [3.05, 3.63) is 29.3 Å². The second-order valence-corrected chi connectivity index (χ2v) is 5.25. The van der Waals surface area contributed by atoms with Crippen LogP contribution in [0.5, 0.6) is 5.75 Å². The minimum absolute atomic E-state index is 0.0966. The molecule has 0 radical (unpaired) electrons. The van der Waals surface area contributed by atoms with Gasteiger partial charge in [-0.3, -0.25) is 0 Å². The van der Waals surface area contributed by atoms with Crippen molar-refractivity contribution >= 4 is 6.08 Å². The molecule has 0 N–H and O–H groups in total. The van der Waals surface area contributed by atoms with Crippen LogP contribution < -0.4 is 4.74 Å². The number of alkyl halides is 2. The fraction of sp³-hybridized carbons (Fsp3) is 0.533. The molecule has 1 aliphatic rings. The van der Waals surface area contributed by atoms with Gasteiger partial charge in [-0.05, 0) is 31.0 Å². The molecule has 1 saturated carbocycles. The summed E-state index contributed by atoms with van der Waals surface area (Å²) in [5.41, 5.74) is -0.311. The minimum Gasteiger partial charge on any atom is -0.496 e. The highest BCUT2D eigenvalue weighted by molar-refractivity contribution is 5.47. The van der Waals surface area contributed by atoms with Crippen molar-refractivity contribution in [2.24, 2.45) is 4.99 Å². The van der Waals surface area contributed by atoms with E-state index in [1.807, 2.05) is 0 Å². The van der Waals surface area contributed by atoms with Crippen LogP contribution in [0.3, 0.4) is 0 Å². The Morgan fingerprint density at radius 3 is 2.50 bits per heavy atom. The van der Waals surface area contributed by atoms with Crippen LogP contribution in [0.2, 0.25) is 0 Å². The molecule has 0 aliphatic heterocycles. The first-order valence-corrected chi connectivity index (χ1v) is 6.59. The Bertz CT molecular complexity index is 539. The number of ether oxygens (including phenoxy) is 1. The van der Waals surface area contributed by atoms with Crippen molar-refractivity contribution in [2.75, 3.05) is 7.11 Å². The lowest BCUT2D eigenvalue weighted by molar-refractivity contribution is 0.0172. The van der Waals surface area contributed by atoms with Gasteiger partial charge in [0.15, 0.2) is 0 Å². The number of benzene rings is 1. The number of carbonyl (C=O) groups excluding carboxylic acids is 1. The van der Waals surface area contributed by atoms with Gasteiger partial charge in [-0.25, -0.2) is 13.6 Å². The molecule has 2 rings (SSSR count). The van der Waals surface area contributed by atoms with Gasteiger partial charge in [0.05, 0.1) is 7.11 Å². The first-order valence-electron chi connectivity index (χ1n) is 6.59. The molecule has 0 bridgehead atoms. The number of nitrogens with zero attached hydrogens (tertiary/aromatic N) is 1. The molecule has 1 fully saturated rings. The topological polar surface area (TPSA) is 38.7 Å². The van der Waals surface area contributed by atoms with Crippen molar-refractivity contribution in [3.63, 3.8) is 0 Å². The Morgan fingerprint density at radius 1 is 1.35 bits per heavy atom. The molecule has 0 heterocycles. The third kappa shape index (κ3) is 2.59. The number of hydrogen-bond donors (Lipinski definition) is 0. The van der Waals surface area contributed by atoms with Crippen LogP contribution in [0.1, 0.15) is 43.7 Å². The molecule has 0 amide bonds. The second kappa shape index (κ2) is 5.33. The van der Waals surface area contributed by atoms with E-state index >= 15 is 0 Å². The van der Waals surface area contributed by atoms with E-state index in [4.69, 9.17) is 4.74 Å². The number of isocyanates is 1. The summed E-state index contributed by atoms with van der Waals surface area (Å²) in [5, 5.41) is 0. The summed E-state index contributed by atoms with van der Waals surface area (Å²) >= 11 is 0. The molecule has 0 saturated heterocycles. The van der Waals surface area contributed by atoms with Gasteiger partial charge >= 0.3 is 0 Å². The van der Waals surface area contributed by atoms with Crippen LogP contribution in [0.15, 0.2) is 23.2 Å². The SMILES string of the molecule is COc1ccc(C(C)(F)F)cc1C1(N=C=O)CCCC1. The zero-order valence-corrected chi connectivity index (χ0v) is 11.6. The predicted octanol–water partition coefficient (Wildman–Crippen LogP) is 3.91. The maximum absolute atomic E-state index is 13.5. The van der Waals surface area contributed by atoms with Crippen LogP contribution in [-0.2, 0) is 16.3 Å². The molecule has 0 atom stereocenters. The quantitative estimate of drug-likeness (QED) is 0.620. The summed E-state index contributed by atoms with van der Waals surface area (Å²) in [7, 11) is 1.48. The van der Waals surface area contributed by atoms with Crippen molar-refractivity contribution in [3.8, 4) is 5.75 Å². The van der Waals surface area contributed by atoms with Gasteiger partial charge < -0.3 is 4.74 Å². The van der Waals surface area contributed by atoms with Gasteiger partial charge in [0.1, 0.15) is 11.3 Å². The van der Waals surface area contributed by atoms with E-state index in [1.165, 1.54) is 25.3 Å². The molecule has 1 aromatic rings. The third-order valence-electron chi connectivity index (χ3n) is 3.90. The highest BCUT2D eigenvalue weighted by Gasteiger charge is 2.39. The molecular weight excluding hydrogens is 264 g/mol. The summed E-state index contributed by atoms with van der Waals surface area (Å²) in [6.45, 7) is 0.850. The molecule has 108 valence electrons. The van der Waals surface area contributed by atoms with Gasteiger partial charge in [-0.15, -0.1) is 0 Å². The monoisotopic (exact) mass is 281 g/mol. The van der Waals surface area contributed by atoms with E-state index in [9.17, 15) is 13.6 Å². The van der Waals surface area contributed by atoms with Gasteiger partial charge in [0, 0.05) is 18.1 Å². The summed E-state index contributed by atoms with van der Waals surface area (Å²) in [6, 6.07) is 4.27. The van der Waals surface area contributed by atoms with Crippen molar-refractivity contribution in [2.45, 2.75) is 44.1 Å². The molecule has 1 aromatic carbocycles. The lowest BCUT2D eigenvalue weighted by atomic mass is 9.86. The fourth-order valence-corrected chi connectivity index (χ4v) is 2.83. The average Bonchev–Trinajstić information content (AvgIpc) is 2.87. The zero-order valence-electron chi connectivity index (χ0n) is 11.6. The minimum atomic E-state index is -2.94. The van der Waals surface area contributed by atoms with E-state index in [0.29, 0.717) is 24.2 Å². The Balaban J connectivity index is 2.60. The molecule has 0 spiro atoms. The van der Waals surface area contributed by atoms with Gasteiger partial charge in [0.25, 0.3) is 5.92 Å². The molecule has 5 heteroatoms. The Kier molecular flexibility index (Phi) is 3.91. The second-order valence-electron chi connectivity index (χ2n) is 5.25. The van der Waals surface area contributed by atoms with Crippen LogP contribution >= 0.6 is 0 Å². The standard InChI is InChI=1S/C15H17F2NO2/c1-14(16,17)11-5-6-13(20-2)12(9-11)15(18-10-19)7-3-4-8-15/h5-6,9H,3-4,7-8H2,1-2H3. The zero-order chi connectivity index (χ0) is 14.8. The van der Waals surface area contributed by atoms with Crippen molar-refractivity contribution < 1.29 is 18.3 Å². The van der Waals surface area contributed by atoms with Crippen LogP contribution in [0.4, 0.5) is 8.78 Å². The number of halogens is 2. The molecule has 20 heavy (non-hydrogen) atoms. The van der Waals surface area contributed by atoms with E-state index in [2.05, 4.69) is 4.99 Å². The first kappa shape index (κ1) is 14.7. The highest BCUT2D eigenvalue weighted by Crippen LogP contribution is 2.46. The lowest BCUT2D eigenvalue weighted by Crippen LogP contribution is -2.21. The van der Waals surface area contributed by atoms with Crippen LogP contribution in [-0.4, -0.2) is 13.2 Å². The molecule has 0 aromatic heterocycles. The molecule has 0 unspecified atom stereocenters. The summed E-state index contributed by atoms with van der Waals surface area (Å²) in [5.74, 6) is -2.45. The smallest absolute Gasteiger partial charge is 0.270 e. The fourth-order valence-electron chi connectivity index (χ4n) is 2.83. The summed E-state index contributed by atoms with van der Waals surface area (Å²) in [6.07, 6.45) is 4.70. The van der Waals surface area contributed by atoms with Crippen LogP contribution in [0.25, 0.3) is 0 Å². The molecule has 3 nitrogen and oxygen atoms in total. The number of aliphatic imine (C=N–C) groups is 1. The maximum atomic E-state index is 13.5. The average molecular weight is 281 g/mol. The number of rotatable bonds is 4. The van der Waals surface area contributed by atoms with E-state index in [1.54, 1.807) is 6.08 Å². The van der Waals surface area contributed by atoms with Gasteiger partial charge in [-0.1, -0.05) is 12.8 Å². The molecule has 1 aliphatic carbocycles. The predicted molar refractivity (Wildman–Crippen MR) is 70.8 cm³/mol. The van der Waals surface area contributed by atoms with Crippen molar-refractivity contribution in [1.29, 1.82) is 0 Å². The summed E-state index contributed by atoms with van der Waals surface area (Å²) in [4.78, 5) is 14.7. The Labute approximate surface area is 116 Å². The largest absolute Gasteiger partial charge is 0.496 e. The van der Waals surface area contributed by atoms with E-state index in [-0.39, 0.29) is 5.56 Å². The summed E-state index contributed by atoms with van der Waals surface area (Å²) < 4.78 is 32.3. The maximum Gasteiger partial charge on any atom is 0.270 e. The number of hydrogen-bond acceptors (Lipinski definition) is 3. The van der Waals surface area contributed by atoms with Crippen LogP contribution in [0, 0.1) is 0 Å². The van der Waals surface area contributed by atoms with E-state index in [0.717, 1.165) is 19.8 Å². The lowest BCUT2D eigenvalue weighted by Gasteiger charge is -2.26. The third-order valence-corrected chi connectivity index (χ3v) is 3.90. The first-order chi connectivity index (χ1) is 9.43. The molecular formula is C15H17F2NO2. The Morgan fingerprint density at radius 2 is 2.00 bits per heavy atom. The normalized spacial score (nSPS) is 17.6. The number of methoxy groups -OCH3 is 1. The van der Waals surface area contributed by atoms with Crippen molar-refractivity contribution in [1.82, 2.24) is 0 Å².